The van der Waals surface area contributed by atoms with Crippen LogP contribution in [0, 0.1) is 0 Å². The molecule has 0 saturated carbocycles. The number of para-hydroxylation sites is 1. The predicted octanol–water partition coefficient (Wildman–Crippen LogP) is 2.30. The van der Waals surface area contributed by atoms with Gasteiger partial charge in [-0.05, 0) is 51.2 Å². The lowest BCUT2D eigenvalue weighted by Crippen LogP contribution is -2.39. The smallest absolute Gasteiger partial charge is 0.253 e. The molecule has 1 aromatic heterocycles. The van der Waals surface area contributed by atoms with Crippen molar-refractivity contribution in [2.75, 3.05) is 6.54 Å². The van der Waals surface area contributed by atoms with Gasteiger partial charge in [0.05, 0.1) is 17.6 Å². The molecule has 1 aliphatic rings. The molecule has 2 aromatic rings. The summed E-state index contributed by atoms with van der Waals surface area (Å²) < 4.78 is 0. The highest BCUT2D eigenvalue weighted by molar-refractivity contribution is 6.07. The molecule has 5 nitrogen and oxygen atoms in total. The number of hydrogen-bond acceptors (Lipinski definition) is 2. The van der Waals surface area contributed by atoms with E-state index in [0.717, 1.165) is 23.7 Å². The summed E-state index contributed by atoms with van der Waals surface area (Å²) in [6.07, 6.45) is 4.50. The van der Waals surface area contributed by atoms with Crippen molar-refractivity contribution < 1.29 is 9.59 Å². The van der Waals surface area contributed by atoms with Crippen molar-refractivity contribution in [3.05, 3.63) is 35.0 Å². The first kappa shape index (κ1) is 15.6. The van der Waals surface area contributed by atoms with Crippen molar-refractivity contribution in [2.45, 2.75) is 45.6 Å². The van der Waals surface area contributed by atoms with Gasteiger partial charge in [-0.3, -0.25) is 9.59 Å². The summed E-state index contributed by atoms with van der Waals surface area (Å²) in [4.78, 5) is 27.6. The molecule has 1 aromatic carbocycles. The molecule has 1 aliphatic carbocycles. The van der Waals surface area contributed by atoms with E-state index in [9.17, 15) is 9.59 Å². The molecule has 0 aliphatic heterocycles. The Balaban J connectivity index is 1.81. The quantitative estimate of drug-likeness (QED) is 0.810. The predicted molar refractivity (Wildman–Crippen MR) is 90.6 cm³/mol. The molecule has 0 spiro atoms. The van der Waals surface area contributed by atoms with Crippen LogP contribution in [0.25, 0.3) is 10.9 Å². The summed E-state index contributed by atoms with van der Waals surface area (Å²) in [5, 5.41) is 6.61. The minimum absolute atomic E-state index is 0.00613. The minimum atomic E-state index is -0.215. The van der Waals surface area contributed by atoms with Gasteiger partial charge in [0, 0.05) is 17.1 Å². The van der Waals surface area contributed by atoms with E-state index in [1.54, 1.807) is 6.07 Å². The molecule has 1 heterocycles. The topological polar surface area (TPSA) is 74.0 Å². The second-order valence-corrected chi connectivity index (χ2v) is 6.42. The number of carbonyl (C=O) groups excluding carboxylic acids is 2. The first-order valence-corrected chi connectivity index (χ1v) is 8.26. The summed E-state index contributed by atoms with van der Waals surface area (Å²) in [6, 6.07) is 5.85. The van der Waals surface area contributed by atoms with Crippen LogP contribution >= 0.6 is 0 Å². The van der Waals surface area contributed by atoms with E-state index in [4.69, 9.17) is 0 Å². The van der Waals surface area contributed by atoms with Crippen molar-refractivity contribution in [3.8, 4) is 0 Å². The number of nitrogens with one attached hydrogen (secondary N) is 3. The highest BCUT2D eigenvalue weighted by atomic mass is 16.2. The van der Waals surface area contributed by atoms with Gasteiger partial charge in [-0.1, -0.05) is 12.1 Å². The van der Waals surface area contributed by atoms with Gasteiger partial charge in [0.2, 0.25) is 5.91 Å². The number of benzene rings is 1. The molecule has 0 bridgehead atoms. The second-order valence-electron chi connectivity index (χ2n) is 6.42. The zero-order valence-electron chi connectivity index (χ0n) is 13.7. The van der Waals surface area contributed by atoms with Gasteiger partial charge in [0.25, 0.3) is 5.91 Å². The average molecular weight is 313 g/mol. The van der Waals surface area contributed by atoms with Crippen molar-refractivity contribution in [3.63, 3.8) is 0 Å². The lowest BCUT2D eigenvalue weighted by molar-refractivity contribution is -0.120. The largest absolute Gasteiger partial charge is 0.358 e. The number of rotatable bonds is 4. The van der Waals surface area contributed by atoms with Gasteiger partial charge in [0.1, 0.15) is 0 Å². The number of amides is 2. The fourth-order valence-electron chi connectivity index (χ4n) is 3.25. The molecule has 23 heavy (non-hydrogen) atoms. The van der Waals surface area contributed by atoms with Crippen molar-refractivity contribution in [2.24, 2.45) is 0 Å². The van der Waals surface area contributed by atoms with Crippen LogP contribution in [0.2, 0.25) is 0 Å². The van der Waals surface area contributed by atoms with Crippen LogP contribution in [0.5, 0.6) is 0 Å². The maximum Gasteiger partial charge on any atom is 0.253 e. The SMILES string of the molecule is CC(C)NC(=O)CNC(=O)c1cccc2c3c([nH]c12)CCCC3. The second kappa shape index (κ2) is 6.44. The third kappa shape index (κ3) is 3.23. The zero-order chi connectivity index (χ0) is 16.4. The highest BCUT2D eigenvalue weighted by Gasteiger charge is 2.19. The molecule has 3 N–H and O–H groups in total. The van der Waals surface area contributed by atoms with E-state index in [1.165, 1.54) is 24.1 Å². The third-order valence-electron chi connectivity index (χ3n) is 4.24. The summed E-state index contributed by atoms with van der Waals surface area (Å²) in [7, 11) is 0. The first-order valence-electron chi connectivity index (χ1n) is 8.26. The van der Waals surface area contributed by atoms with E-state index >= 15 is 0 Å². The summed E-state index contributed by atoms with van der Waals surface area (Å²) >= 11 is 0. The summed E-state index contributed by atoms with van der Waals surface area (Å²) in [5.41, 5.74) is 4.10. The molecule has 2 amide bonds. The number of aromatic nitrogens is 1. The Labute approximate surface area is 135 Å². The number of fused-ring (bicyclic) bond motifs is 3. The Bertz CT molecular complexity index is 746. The van der Waals surface area contributed by atoms with Crippen LogP contribution in [0.15, 0.2) is 18.2 Å². The van der Waals surface area contributed by atoms with Gasteiger partial charge in [0.15, 0.2) is 0 Å². The van der Waals surface area contributed by atoms with E-state index in [2.05, 4.69) is 21.7 Å². The Morgan fingerprint density at radius 2 is 2.00 bits per heavy atom. The number of aryl methyl sites for hydroxylation is 2. The monoisotopic (exact) mass is 313 g/mol. The van der Waals surface area contributed by atoms with E-state index in [1.807, 2.05) is 19.9 Å². The molecular formula is C18H23N3O2. The Morgan fingerprint density at radius 3 is 2.78 bits per heavy atom. The van der Waals surface area contributed by atoms with Gasteiger partial charge in [-0.25, -0.2) is 0 Å². The van der Waals surface area contributed by atoms with E-state index < -0.39 is 0 Å². The summed E-state index contributed by atoms with van der Waals surface area (Å²) in [5.74, 6) is -0.389. The zero-order valence-corrected chi connectivity index (χ0v) is 13.7. The fraction of sp³-hybridized carbons (Fsp3) is 0.444. The fourth-order valence-corrected chi connectivity index (χ4v) is 3.25. The van der Waals surface area contributed by atoms with Crippen LogP contribution in [0.1, 0.15) is 48.3 Å². The van der Waals surface area contributed by atoms with Gasteiger partial charge < -0.3 is 15.6 Å². The molecular weight excluding hydrogens is 290 g/mol. The van der Waals surface area contributed by atoms with Crippen molar-refractivity contribution in [1.82, 2.24) is 15.6 Å². The molecule has 5 heteroatoms. The maximum atomic E-state index is 12.5. The number of hydrogen-bond donors (Lipinski definition) is 3. The first-order chi connectivity index (χ1) is 11.1. The molecule has 0 fully saturated rings. The van der Waals surface area contributed by atoms with E-state index in [-0.39, 0.29) is 24.4 Å². The third-order valence-corrected chi connectivity index (χ3v) is 4.24. The molecule has 3 rings (SSSR count). The Kier molecular flexibility index (Phi) is 4.37. The lowest BCUT2D eigenvalue weighted by Gasteiger charge is -2.10. The molecule has 0 radical (unpaired) electrons. The normalized spacial score (nSPS) is 13.9. The summed E-state index contributed by atoms with van der Waals surface area (Å²) in [6.45, 7) is 3.78. The minimum Gasteiger partial charge on any atom is -0.358 e. The highest BCUT2D eigenvalue weighted by Crippen LogP contribution is 2.30. The molecule has 0 unspecified atom stereocenters. The number of H-pyrrole nitrogens is 1. The standard InChI is InChI=1S/C18H23N3O2/c1-11(2)20-16(22)10-19-18(23)14-8-5-7-13-12-6-3-4-9-15(12)21-17(13)14/h5,7-8,11,21H,3-4,6,9-10H2,1-2H3,(H,19,23)(H,20,22). The van der Waals surface area contributed by atoms with Crippen LogP contribution in [-0.2, 0) is 17.6 Å². The Morgan fingerprint density at radius 1 is 1.22 bits per heavy atom. The van der Waals surface area contributed by atoms with Crippen LogP contribution in [-0.4, -0.2) is 29.4 Å². The maximum absolute atomic E-state index is 12.5. The number of carbonyl (C=O) groups is 2. The number of aromatic amines is 1. The van der Waals surface area contributed by atoms with Crippen molar-refractivity contribution >= 4 is 22.7 Å². The van der Waals surface area contributed by atoms with Crippen LogP contribution in [0.4, 0.5) is 0 Å². The Hall–Kier alpha value is -2.30. The van der Waals surface area contributed by atoms with Crippen LogP contribution < -0.4 is 10.6 Å². The van der Waals surface area contributed by atoms with E-state index in [0.29, 0.717) is 5.56 Å². The lowest BCUT2D eigenvalue weighted by atomic mass is 9.95. The van der Waals surface area contributed by atoms with Gasteiger partial charge in [-0.2, -0.15) is 0 Å². The average Bonchev–Trinajstić information content (AvgIpc) is 2.90. The van der Waals surface area contributed by atoms with Crippen molar-refractivity contribution in [1.29, 1.82) is 0 Å². The van der Waals surface area contributed by atoms with Gasteiger partial charge in [-0.15, -0.1) is 0 Å². The molecule has 0 atom stereocenters. The van der Waals surface area contributed by atoms with Gasteiger partial charge >= 0.3 is 0 Å². The molecule has 0 saturated heterocycles. The van der Waals surface area contributed by atoms with Crippen LogP contribution in [0.3, 0.4) is 0 Å². The molecule has 122 valence electrons.